The van der Waals surface area contributed by atoms with Gasteiger partial charge in [0.05, 0.1) is 17.8 Å². The number of nitrogen functional groups attached to an aromatic ring is 1. The van der Waals surface area contributed by atoms with Gasteiger partial charge >= 0.3 is 0 Å². The fourth-order valence-corrected chi connectivity index (χ4v) is 2.91. The summed E-state index contributed by atoms with van der Waals surface area (Å²) in [5.41, 5.74) is 5.88. The van der Waals surface area contributed by atoms with Crippen molar-refractivity contribution in [2.75, 3.05) is 5.73 Å². The average molecular weight is 287 g/mol. The van der Waals surface area contributed by atoms with Crippen molar-refractivity contribution in [3.05, 3.63) is 47.4 Å². The Labute approximate surface area is 110 Å². The average Bonchev–Trinajstić information content (AvgIpc) is 2.83. The molecule has 0 aliphatic carbocycles. The molecule has 1 aromatic heterocycles. The van der Waals surface area contributed by atoms with Crippen LogP contribution in [-0.4, -0.2) is 8.42 Å². The van der Waals surface area contributed by atoms with Crippen LogP contribution in [0.5, 0.6) is 0 Å². The van der Waals surface area contributed by atoms with Crippen molar-refractivity contribution in [3.63, 3.8) is 0 Å². The van der Waals surface area contributed by atoms with Gasteiger partial charge in [-0.2, -0.15) is 0 Å². The first-order chi connectivity index (χ1) is 8.49. The zero-order valence-corrected chi connectivity index (χ0v) is 10.8. The van der Waals surface area contributed by atoms with Crippen LogP contribution in [-0.2, 0) is 16.6 Å². The van der Waals surface area contributed by atoms with Gasteiger partial charge in [-0.1, -0.05) is 11.6 Å². The van der Waals surface area contributed by atoms with Crippen molar-refractivity contribution < 1.29 is 12.8 Å². The number of sulfonamides is 1. The summed E-state index contributed by atoms with van der Waals surface area (Å²) in [6.45, 7) is 0.0560. The van der Waals surface area contributed by atoms with Gasteiger partial charge in [-0.25, -0.2) is 13.1 Å². The van der Waals surface area contributed by atoms with E-state index in [-0.39, 0.29) is 16.5 Å². The Morgan fingerprint density at radius 1 is 1.33 bits per heavy atom. The molecule has 7 heteroatoms. The molecule has 0 atom stereocenters. The van der Waals surface area contributed by atoms with Crippen LogP contribution in [0.1, 0.15) is 5.76 Å². The van der Waals surface area contributed by atoms with E-state index in [0.717, 1.165) is 0 Å². The molecule has 0 aliphatic rings. The highest BCUT2D eigenvalue weighted by Crippen LogP contribution is 2.23. The minimum absolute atomic E-state index is 0.0456. The lowest BCUT2D eigenvalue weighted by Gasteiger charge is -2.07. The van der Waals surface area contributed by atoms with Gasteiger partial charge in [0.25, 0.3) is 0 Å². The molecule has 2 aromatic rings. The molecule has 2 rings (SSSR count). The van der Waals surface area contributed by atoms with E-state index in [0.29, 0.717) is 11.4 Å². The Balaban J connectivity index is 2.22. The van der Waals surface area contributed by atoms with Crippen molar-refractivity contribution in [2.24, 2.45) is 0 Å². The van der Waals surface area contributed by atoms with Crippen LogP contribution >= 0.6 is 11.6 Å². The monoisotopic (exact) mass is 286 g/mol. The number of anilines is 1. The molecule has 0 fully saturated rings. The largest absolute Gasteiger partial charge is 0.468 e. The number of halogens is 1. The summed E-state index contributed by atoms with van der Waals surface area (Å²) < 4.78 is 31.4. The Hall–Kier alpha value is -1.50. The fourth-order valence-electron chi connectivity index (χ4n) is 1.38. The second-order valence-corrected chi connectivity index (χ2v) is 5.74. The van der Waals surface area contributed by atoms with Gasteiger partial charge in [-0.3, -0.25) is 0 Å². The molecule has 3 N–H and O–H groups in total. The molecule has 0 amide bonds. The van der Waals surface area contributed by atoms with E-state index in [9.17, 15) is 8.42 Å². The van der Waals surface area contributed by atoms with Crippen LogP contribution in [0.25, 0.3) is 0 Å². The summed E-state index contributed by atoms with van der Waals surface area (Å²) in [5, 5.41) is 0.121. The van der Waals surface area contributed by atoms with Crippen molar-refractivity contribution in [1.29, 1.82) is 0 Å². The number of nitrogens with one attached hydrogen (secondary N) is 1. The molecule has 0 aliphatic heterocycles. The molecule has 0 saturated carbocycles. The van der Waals surface area contributed by atoms with Gasteiger partial charge < -0.3 is 10.2 Å². The van der Waals surface area contributed by atoms with Crippen LogP contribution in [0, 0.1) is 0 Å². The Morgan fingerprint density at radius 3 is 2.78 bits per heavy atom. The minimum Gasteiger partial charge on any atom is -0.468 e. The molecular weight excluding hydrogens is 276 g/mol. The van der Waals surface area contributed by atoms with E-state index >= 15 is 0 Å². The van der Waals surface area contributed by atoms with Gasteiger partial charge in [0, 0.05) is 5.69 Å². The van der Waals surface area contributed by atoms with Crippen molar-refractivity contribution in [1.82, 2.24) is 4.72 Å². The predicted molar refractivity (Wildman–Crippen MR) is 68.6 cm³/mol. The topological polar surface area (TPSA) is 85.3 Å². The smallest absolute Gasteiger partial charge is 0.242 e. The molecule has 0 bridgehead atoms. The predicted octanol–water partition coefficient (Wildman–Crippen LogP) is 1.99. The molecule has 0 saturated heterocycles. The van der Waals surface area contributed by atoms with Crippen LogP contribution < -0.4 is 10.5 Å². The van der Waals surface area contributed by atoms with Gasteiger partial charge in [-0.05, 0) is 30.3 Å². The first kappa shape index (κ1) is 12.9. The molecule has 0 spiro atoms. The maximum absolute atomic E-state index is 12.0. The van der Waals surface area contributed by atoms with E-state index in [2.05, 4.69) is 4.72 Å². The maximum Gasteiger partial charge on any atom is 0.242 e. The van der Waals surface area contributed by atoms with Crippen molar-refractivity contribution >= 4 is 27.3 Å². The Kier molecular flexibility index (Phi) is 3.60. The number of hydrogen-bond acceptors (Lipinski definition) is 4. The highest BCUT2D eigenvalue weighted by Gasteiger charge is 2.18. The van der Waals surface area contributed by atoms with Gasteiger partial charge in [0.1, 0.15) is 10.7 Å². The summed E-state index contributed by atoms with van der Waals surface area (Å²) in [6, 6.07) is 7.64. The third-order valence-electron chi connectivity index (χ3n) is 2.26. The molecule has 18 heavy (non-hydrogen) atoms. The quantitative estimate of drug-likeness (QED) is 0.842. The maximum atomic E-state index is 12.0. The number of benzene rings is 1. The fraction of sp³-hybridized carbons (Fsp3) is 0.0909. The molecule has 1 heterocycles. The Bertz CT molecular complexity index is 638. The summed E-state index contributed by atoms with van der Waals surface area (Å²) in [4.78, 5) is -0.0456. The summed E-state index contributed by atoms with van der Waals surface area (Å²) in [6.07, 6.45) is 1.47. The number of hydrogen-bond donors (Lipinski definition) is 2. The highest BCUT2D eigenvalue weighted by atomic mass is 35.5. The van der Waals surface area contributed by atoms with E-state index < -0.39 is 10.0 Å². The lowest BCUT2D eigenvalue weighted by molar-refractivity contribution is 0.498. The third kappa shape index (κ3) is 2.84. The zero-order valence-electron chi connectivity index (χ0n) is 9.26. The van der Waals surface area contributed by atoms with Crippen LogP contribution in [0.15, 0.2) is 45.9 Å². The van der Waals surface area contributed by atoms with Crippen LogP contribution in [0.2, 0.25) is 5.02 Å². The lowest BCUT2D eigenvalue weighted by atomic mass is 10.3. The third-order valence-corrected chi connectivity index (χ3v) is 4.14. The second-order valence-electron chi connectivity index (χ2n) is 3.59. The summed E-state index contributed by atoms with van der Waals surface area (Å²) >= 11 is 5.84. The van der Waals surface area contributed by atoms with E-state index in [1.165, 1.54) is 24.5 Å². The van der Waals surface area contributed by atoms with Crippen molar-refractivity contribution in [2.45, 2.75) is 11.4 Å². The molecule has 1 aromatic carbocycles. The molecule has 96 valence electrons. The van der Waals surface area contributed by atoms with Gasteiger partial charge in [0.2, 0.25) is 10.0 Å². The van der Waals surface area contributed by atoms with Crippen LogP contribution in [0.4, 0.5) is 5.69 Å². The van der Waals surface area contributed by atoms with Crippen molar-refractivity contribution in [3.8, 4) is 0 Å². The Morgan fingerprint density at radius 2 is 2.11 bits per heavy atom. The summed E-state index contributed by atoms with van der Waals surface area (Å²) in [5.74, 6) is 0.513. The highest BCUT2D eigenvalue weighted by molar-refractivity contribution is 7.89. The van der Waals surface area contributed by atoms with Crippen LogP contribution in [0.3, 0.4) is 0 Å². The molecule has 0 radical (unpaired) electrons. The number of rotatable bonds is 4. The molecular formula is C11H11ClN2O3S. The molecule has 5 nitrogen and oxygen atoms in total. The van der Waals surface area contributed by atoms with E-state index in [1.807, 2.05) is 0 Å². The first-order valence-corrected chi connectivity index (χ1v) is 6.92. The first-order valence-electron chi connectivity index (χ1n) is 5.06. The minimum atomic E-state index is -3.71. The zero-order chi connectivity index (χ0) is 13.2. The normalized spacial score (nSPS) is 11.6. The number of nitrogens with two attached hydrogens (primary N) is 1. The number of furan rings is 1. The molecule has 0 unspecified atom stereocenters. The summed E-state index contributed by atoms with van der Waals surface area (Å²) in [7, 11) is -3.71. The standard InChI is InChI=1S/C11H11ClN2O3S/c12-10-4-3-8(13)6-11(10)18(15,16)14-7-9-2-1-5-17-9/h1-6,14H,7,13H2. The van der Waals surface area contributed by atoms with Gasteiger partial charge in [-0.15, -0.1) is 0 Å². The van der Waals surface area contributed by atoms with E-state index in [4.69, 9.17) is 21.8 Å². The second kappa shape index (κ2) is 5.01. The lowest BCUT2D eigenvalue weighted by Crippen LogP contribution is -2.23. The van der Waals surface area contributed by atoms with E-state index in [1.54, 1.807) is 12.1 Å². The SMILES string of the molecule is Nc1ccc(Cl)c(S(=O)(=O)NCc2ccco2)c1. The van der Waals surface area contributed by atoms with Gasteiger partial charge in [0.15, 0.2) is 0 Å².